The Morgan fingerprint density at radius 2 is 1.62 bits per heavy atom. The first-order valence-electron chi connectivity index (χ1n) is 12.8. The van der Waals surface area contributed by atoms with Gasteiger partial charge in [0, 0.05) is 46.6 Å². The maximum Gasteiger partial charge on any atom is 0.280 e. The first-order chi connectivity index (χ1) is 19.2. The molecule has 1 aliphatic heterocycles. The van der Waals surface area contributed by atoms with Crippen molar-refractivity contribution < 1.29 is 4.79 Å². The molecule has 188 valence electrons. The van der Waals surface area contributed by atoms with Crippen LogP contribution in [-0.4, -0.2) is 30.9 Å². The highest BCUT2D eigenvalue weighted by molar-refractivity contribution is 6.23. The van der Waals surface area contributed by atoms with Crippen molar-refractivity contribution in [2.24, 2.45) is 0 Å². The molecule has 0 fully saturated rings. The van der Waals surface area contributed by atoms with Crippen molar-refractivity contribution in [3.8, 4) is 22.4 Å². The Balaban J connectivity index is 1.45. The van der Waals surface area contributed by atoms with Crippen LogP contribution in [0.15, 0.2) is 109 Å². The van der Waals surface area contributed by atoms with Crippen LogP contribution >= 0.6 is 0 Å². The van der Waals surface area contributed by atoms with Gasteiger partial charge in [-0.3, -0.25) is 14.9 Å². The first kappa shape index (κ1) is 22.9. The van der Waals surface area contributed by atoms with Crippen LogP contribution in [0.25, 0.3) is 38.9 Å². The van der Waals surface area contributed by atoms with Gasteiger partial charge >= 0.3 is 0 Å². The van der Waals surface area contributed by atoms with Gasteiger partial charge < -0.3 is 5.32 Å². The van der Waals surface area contributed by atoms with Crippen molar-refractivity contribution in [2.75, 3.05) is 5.32 Å². The van der Waals surface area contributed by atoms with Gasteiger partial charge in [-0.2, -0.15) is 14.9 Å². The predicted octanol–water partition coefficient (Wildman–Crippen LogP) is 6.52. The van der Waals surface area contributed by atoms with Crippen molar-refractivity contribution in [3.05, 3.63) is 126 Å². The molecule has 0 amide bonds. The molecule has 3 aromatic heterocycles. The summed E-state index contributed by atoms with van der Waals surface area (Å²) in [6.45, 7) is 1.95. The van der Waals surface area contributed by atoms with Gasteiger partial charge in [0.1, 0.15) is 5.69 Å². The Kier molecular flexibility index (Phi) is 5.41. The summed E-state index contributed by atoms with van der Waals surface area (Å²) < 4.78 is 1.58. The number of aromatic nitrogens is 5. The standard InChI is InChI=1S/C32H24N6O/c1-20-17-28(36-35-20)34-26-19-27-30(21-9-4-2-5-10-21)31(22-11-6-3-7-12-22)37-38(27)32(39)29(26)24-14-15-25-23(18-24)13-8-16-33-25/h2-18H,19H2,1H3,(H2,34,35,36). The van der Waals surface area contributed by atoms with E-state index >= 15 is 0 Å². The minimum Gasteiger partial charge on any atom is -0.341 e. The van der Waals surface area contributed by atoms with Crippen molar-refractivity contribution in [1.82, 2.24) is 25.0 Å². The maximum atomic E-state index is 14.3. The zero-order valence-electron chi connectivity index (χ0n) is 21.2. The summed E-state index contributed by atoms with van der Waals surface area (Å²) in [5.74, 6) is 0.473. The number of carbonyl (C=O) groups excluding carboxylic acids is 1. The lowest BCUT2D eigenvalue weighted by Crippen LogP contribution is -2.26. The molecule has 3 aromatic carbocycles. The van der Waals surface area contributed by atoms with Crippen molar-refractivity contribution in [2.45, 2.75) is 13.3 Å². The van der Waals surface area contributed by atoms with Crippen molar-refractivity contribution in [3.63, 3.8) is 0 Å². The molecule has 39 heavy (non-hydrogen) atoms. The lowest BCUT2D eigenvalue weighted by Gasteiger charge is -2.22. The molecule has 0 spiro atoms. The number of carbonyl (C=O) groups is 1. The van der Waals surface area contributed by atoms with Crippen LogP contribution in [0, 0.1) is 6.92 Å². The number of aromatic amines is 1. The molecule has 4 heterocycles. The van der Waals surface area contributed by atoms with Crippen molar-refractivity contribution in [1.29, 1.82) is 0 Å². The third-order valence-corrected chi connectivity index (χ3v) is 7.02. The second kappa shape index (κ2) is 9.22. The highest BCUT2D eigenvalue weighted by atomic mass is 16.2. The minimum atomic E-state index is -0.186. The number of hydrogen-bond donors (Lipinski definition) is 2. The molecule has 7 nitrogen and oxygen atoms in total. The number of H-pyrrole nitrogens is 1. The third-order valence-electron chi connectivity index (χ3n) is 7.02. The number of pyridine rings is 1. The molecular formula is C32H24N6O. The van der Waals surface area contributed by atoms with E-state index in [2.05, 4.69) is 32.6 Å². The number of hydrogen-bond acceptors (Lipinski definition) is 5. The second-order valence-electron chi connectivity index (χ2n) is 9.62. The molecule has 0 radical (unpaired) electrons. The topological polar surface area (TPSA) is 88.5 Å². The Hall–Kier alpha value is -5.30. The number of allylic oxidation sites excluding steroid dienone is 2. The summed E-state index contributed by atoms with van der Waals surface area (Å²) in [6.07, 6.45) is 2.24. The van der Waals surface area contributed by atoms with Gasteiger partial charge in [-0.1, -0.05) is 72.8 Å². The van der Waals surface area contributed by atoms with E-state index in [-0.39, 0.29) is 5.91 Å². The van der Waals surface area contributed by atoms with Crippen LogP contribution in [0.1, 0.15) is 21.7 Å². The van der Waals surface area contributed by atoms with E-state index in [4.69, 9.17) is 5.10 Å². The number of nitrogens with zero attached hydrogens (tertiary/aromatic N) is 4. The Labute approximate surface area is 224 Å². The number of fused-ring (bicyclic) bond motifs is 2. The van der Waals surface area contributed by atoms with Gasteiger partial charge in [0.25, 0.3) is 5.91 Å². The summed E-state index contributed by atoms with van der Waals surface area (Å²) in [6, 6.07) is 31.9. The van der Waals surface area contributed by atoms with E-state index in [0.717, 1.165) is 55.9 Å². The summed E-state index contributed by atoms with van der Waals surface area (Å²) in [4.78, 5) is 18.8. The second-order valence-corrected chi connectivity index (χ2v) is 9.62. The summed E-state index contributed by atoms with van der Waals surface area (Å²) in [5.41, 5.74) is 8.50. The van der Waals surface area contributed by atoms with Crippen LogP contribution in [0.3, 0.4) is 0 Å². The molecule has 1 aliphatic rings. The zero-order chi connectivity index (χ0) is 26.3. The molecule has 0 bridgehead atoms. The molecule has 7 rings (SSSR count). The molecule has 0 atom stereocenters. The van der Waals surface area contributed by atoms with Crippen molar-refractivity contribution >= 4 is 28.2 Å². The molecule has 6 aromatic rings. The van der Waals surface area contributed by atoms with E-state index in [1.165, 1.54) is 0 Å². The maximum absolute atomic E-state index is 14.3. The lowest BCUT2D eigenvalue weighted by atomic mass is 9.92. The molecule has 0 unspecified atom stereocenters. The van der Waals surface area contributed by atoms with Gasteiger partial charge in [-0.15, -0.1) is 0 Å². The van der Waals surface area contributed by atoms with Crippen LogP contribution in [-0.2, 0) is 6.42 Å². The average Bonchev–Trinajstić information content (AvgIpc) is 3.57. The Morgan fingerprint density at radius 1 is 0.846 bits per heavy atom. The number of aryl methyl sites for hydroxylation is 1. The van der Waals surface area contributed by atoms with Crippen LogP contribution in [0.4, 0.5) is 5.82 Å². The summed E-state index contributed by atoms with van der Waals surface area (Å²) >= 11 is 0. The van der Waals surface area contributed by atoms with Gasteiger partial charge in [0.05, 0.1) is 16.8 Å². The van der Waals surface area contributed by atoms with Crippen LogP contribution in [0.5, 0.6) is 0 Å². The normalized spacial score (nSPS) is 13.1. The largest absolute Gasteiger partial charge is 0.341 e. The number of nitrogens with one attached hydrogen (secondary N) is 2. The first-order valence-corrected chi connectivity index (χ1v) is 12.8. The molecular weight excluding hydrogens is 484 g/mol. The number of anilines is 1. The van der Waals surface area contributed by atoms with E-state index in [1.807, 2.05) is 91.9 Å². The highest BCUT2D eigenvalue weighted by Gasteiger charge is 2.33. The van der Waals surface area contributed by atoms with Gasteiger partial charge in [-0.05, 0) is 36.2 Å². The van der Waals surface area contributed by atoms with E-state index in [9.17, 15) is 4.79 Å². The fourth-order valence-electron chi connectivity index (χ4n) is 5.25. The van der Waals surface area contributed by atoms with Gasteiger partial charge in [-0.25, -0.2) is 0 Å². The number of benzene rings is 3. The molecule has 0 saturated heterocycles. The lowest BCUT2D eigenvalue weighted by molar-refractivity contribution is 0.0958. The summed E-state index contributed by atoms with van der Waals surface area (Å²) in [5, 5.41) is 16.7. The zero-order valence-corrected chi connectivity index (χ0v) is 21.2. The van der Waals surface area contributed by atoms with E-state index < -0.39 is 0 Å². The third kappa shape index (κ3) is 4.01. The molecule has 2 N–H and O–H groups in total. The van der Waals surface area contributed by atoms with Crippen LogP contribution in [0.2, 0.25) is 0 Å². The fourth-order valence-corrected chi connectivity index (χ4v) is 5.25. The molecule has 7 heteroatoms. The number of rotatable bonds is 5. The smallest absolute Gasteiger partial charge is 0.280 e. The molecule has 0 aliphatic carbocycles. The van der Waals surface area contributed by atoms with Gasteiger partial charge in [0.2, 0.25) is 0 Å². The average molecular weight is 509 g/mol. The SMILES string of the molecule is Cc1cc(NC2=C(c3ccc4ncccc4c3)C(=O)n3nc(-c4ccccc4)c(-c4ccccc4)c3C2)n[nH]1. The van der Waals surface area contributed by atoms with Gasteiger partial charge in [0.15, 0.2) is 5.82 Å². The fraction of sp³-hybridized carbons (Fsp3) is 0.0625. The van der Waals surface area contributed by atoms with E-state index in [1.54, 1.807) is 10.9 Å². The van der Waals surface area contributed by atoms with Crippen LogP contribution < -0.4 is 5.32 Å². The Bertz CT molecular complexity index is 1880. The Morgan fingerprint density at radius 3 is 2.36 bits per heavy atom. The monoisotopic (exact) mass is 508 g/mol. The van der Waals surface area contributed by atoms with E-state index in [0.29, 0.717) is 17.8 Å². The minimum absolute atomic E-state index is 0.186. The molecule has 0 saturated carbocycles. The summed E-state index contributed by atoms with van der Waals surface area (Å²) in [7, 11) is 0. The quantitative estimate of drug-likeness (QED) is 0.277. The highest BCUT2D eigenvalue weighted by Crippen LogP contribution is 2.40. The predicted molar refractivity (Wildman–Crippen MR) is 153 cm³/mol.